The van der Waals surface area contributed by atoms with Crippen LogP contribution in [0.15, 0.2) is 43.0 Å². The van der Waals surface area contributed by atoms with Gasteiger partial charge < -0.3 is 9.47 Å². The van der Waals surface area contributed by atoms with Gasteiger partial charge in [0.25, 0.3) is 0 Å². The fourth-order valence-corrected chi connectivity index (χ4v) is 4.81. The maximum absolute atomic E-state index is 12.4. The first-order valence-electron chi connectivity index (χ1n) is 9.32. The molecule has 28 heavy (non-hydrogen) atoms. The summed E-state index contributed by atoms with van der Waals surface area (Å²) in [5, 5.41) is 1.87. The lowest BCUT2D eigenvalue weighted by molar-refractivity contribution is -0.130. The van der Waals surface area contributed by atoms with Gasteiger partial charge in [0.15, 0.2) is 0 Å². The largest absolute Gasteiger partial charge is 0.422 e. The Kier molecular flexibility index (Phi) is 4.54. The van der Waals surface area contributed by atoms with Crippen molar-refractivity contribution >= 4 is 34.3 Å². The summed E-state index contributed by atoms with van der Waals surface area (Å²) in [7, 11) is 0. The van der Waals surface area contributed by atoms with Gasteiger partial charge in [0.1, 0.15) is 11.5 Å². The Morgan fingerprint density at radius 1 is 1.14 bits per heavy atom. The van der Waals surface area contributed by atoms with E-state index in [1.807, 2.05) is 0 Å². The lowest BCUT2D eigenvalue weighted by atomic mass is 9.82. The average molecular weight is 397 g/mol. The molecule has 1 saturated carbocycles. The first kappa shape index (κ1) is 18.8. The summed E-state index contributed by atoms with van der Waals surface area (Å²) in [6.45, 7) is 11.0. The van der Waals surface area contributed by atoms with E-state index in [0.29, 0.717) is 38.8 Å². The highest BCUT2D eigenvalue weighted by Gasteiger charge is 2.47. The smallest absolute Gasteiger partial charge is 0.338 e. The van der Waals surface area contributed by atoms with E-state index in [1.54, 1.807) is 25.1 Å². The molecule has 0 amide bonds. The molecule has 0 spiro atoms. The van der Waals surface area contributed by atoms with Gasteiger partial charge in [-0.2, -0.15) is 0 Å². The molecule has 0 aliphatic heterocycles. The topological polar surface area (TPSA) is 52.6 Å². The minimum Gasteiger partial charge on any atom is -0.422 e. The van der Waals surface area contributed by atoms with Crippen molar-refractivity contribution in [1.29, 1.82) is 0 Å². The van der Waals surface area contributed by atoms with Crippen LogP contribution in [0, 0.1) is 5.92 Å². The first-order valence-corrected chi connectivity index (χ1v) is 9.70. The first-order chi connectivity index (χ1) is 13.3. The van der Waals surface area contributed by atoms with Gasteiger partial charge in [-0.3, -0.25) is 0 Å². The molecule has 0 N–H and O–H groups in total. The highest BCUT2D eigenvalue weighted by Crippen LogP contribution is 2.63. The van der Waals surface area contributed by atoms with Crippen LogP contribution in [0.2, 0.25) is 5.02 Å². The number of hydrogen-bond donors (Lipinski definition) is 0. The van der Waals surface area contributed by atoms with Gasteiger partial charge in [-0.05, 0) is 55.7 Å². The van der Waals surface area contributed by atoms with Crippen molar-refractivity contribution < 1.29 is 19.1 Å². The Balaban J connectivity index is 2.05. The van der Waals surface area contributed by atoms with Gasteiger partial charge in [-0.15, -0.1) is 0 Å². The monoisotopic (exact) mass is 396 g/mol. The molecule has 0 heterocycles. The Hall–Kier alpha value is -2.59. The SMILES string of the molecule is C=CC(=O)Oc1c2c(c(OC(=O)C(=C)C)c3cc(Cl)ccc13)C1CC(C)C2C1. The molecule has 3 atom stereocenters. The van der Waals surface area contributed by atoms with E-state index in [0.717, 1.165) is 30.0 Å². The van der Waals surface area contributed by atoms with Gasteiger partial charge in [0.2, 0.25) is 0 Å². The fourth-order valence-electron chi connectivity index (χ4n) is 4.64. The number of hydrogen-bond acceptors (Lipinski definition) is 4. The number of carbonyl (C=O) groups excluding carboxylic acids is 2. The Morgan fingerprint density at radius 3 is 2.54 bits per heavy atom. The maximum atomic E-state index is 12.4. The molecular formula is C23H21ClO4. The van der Waals surface area contributed by atoms with Crippen molar-refractivity contribution in [2.24, 2.45) is 5.92 Å². The quantitative estimate of drug-likeness (QED) is 0.379. The van der Waals surface area contributed by atoms with Crippen molar-refractivity contribution in [2.75, 3.05) is 0 Å². The van der Waals surface area contributed by atoms with Gasteiger partial charge in [-0.1, -0.05) is 31.7 Å². The highest BCUT2D eigenvalue weighted by atomic mass is 35.5. The zero-order valence-electron chi connectivity index (χ0n) is 15.9. The van der Waals surface area contributed by atoms with Crippen LogP contribution in [-0.2, 0) is 9.59 Å². The van der Waals surface area contributed by atoms with Crippen molar-refractivity contribution in [3.8, 4) is 11.5 Å². The molecule has 1 fully saturated rings. The molecule has 2 bridgehead atoms. The zero-order chi connectivity index (χ0) is 20.2. The second kappa shape index (κ2) is 6.78. The molecule has 2 aromatic rings. The van der Waals surface area contributed by atoms with Gasteiger partial charge in [0, 0.05) is 38.6 Å². The molecule has 5 heteroatoms. The number of halogens is 1. The second-order valence-electron chi connectivity index (χ2n) is 7.72. The van der Waals surface area contributed by atoms with Gasteiger partial charge in [0.05, 0.1) is 0 Å². The van der Waals surface area contributed by atoms with E-state index >= 15 is 0 Å². The van der Waals surface area contributed by atoms with Crippen LogP contribution < -0.4 is 9.47 Å². The minimum atomic E-state index is -0.513. The molecule has 144 valence electrons. The Morgan fingerprint density at radius 2 is 1.86 bits per heavy atom. The van der Waals surface area contributed by atoms with Crippen molar-refractivity contribution in [1.82, 2.24) is 0 Å². The molecule has 0 saturated heterocycles. The van der Waals surface area contributed by atoms with Crippen LogP contribution in [0.4, 0.5) is 0 Å². The van der Waals surface area contributed by atoms with Crippen LogP contribution in [-0.4, -0.2) is 11.9 Å². The Labute approximate surface area is 168 Å². The predicted octanol–water partition coefficient (Wildman–Crippen LogP) is 5.68. The molecule has 0 aromatic heterocycles. The van der Waals surface area contributed by atoms with E-state index in [9.17, 15) is 9.59 Å². The van der Waals surface area contributed by atoms with Crippen molar-refractivity contribution in [2.45, 2.75) is 38.5 Å². The average Bonchev–Trinajstić information content (AvgIpc) is 3.21. The summed E-state index contributed by atoms with van der Waals surface area (Å²) in [6.07, 6.45) is 3.12. The number of esters is 2. The normalized spacial score (nSPS) is 22.0. The molecule has 0 radical (unpaired) electrons. The third kappa shape index (κ3) is 2.83. The van der Waals surface area contributed by atoms with Crippen molar-refractivity contribution in [3.05, 3.63) is 59.2 Å². The number of ether oxygens (including phenoxy) is 2. The van der Waals surface area contributed by atoms with E-state index < -0.39 is 11.9 Å². The van der Waals surface area contributed by atoms with Crippen molar-refractivity contribution in [3.63, 3.8) is 0 Å². The third-order valence-corrected chi connectivity index (χ3v) is 6.06. The third-order valence-electron chi connectivity index (χ3n) is 5.82. The Bertz CT molecular complexity index is 1050. The number of carbonyl (C=O) groups is 2. The molecule has 3 unspecified atom stereocenters. The standard InChI is InChI=1S/C23H21ClO4/c1-5-18(25)27-21-15-7-6-14(24)10-17(15)22(28-23(26)11(2)3)19-13-8-12(4)16(9-13)20(19)21/h5-7,10,12-13,16H,1-2,8-9H2,3-4H3. The second-order valence-corrected chi connectivity index (χ2v) is 8.16. The minimum absolute atomic E-state index is 0.257. The molecule has 4 rings (SSSR count). The lowest BCUT2D eigenvalue weighted by Crippen LogP contribution is -2.16. The van der Waals surface area contributed by atoms with Gasteiger partial charge >= 0.3 is 11.9 Å². The maximum Gasteiger partial charge on any atom is 0.338 e. The summed E-state index contributed by atoms with van der Waals surface area (Å²) >= 11 is 6.25. The fraction of sp³-hybridized carbons (Fsp3) is 0.304. The number of rotatable bonds is 4. The van der Waals surface area contributed by atoms with Crippen LogP contribution in [0.1, 0.15) is 49.7 Å². The molecule has 2 aliphatic rings. The molecule has 2 aliphatic carbocycles. The van der Waals surface area contributed by atoms with E-state index in [-0.39, 0.29) is 11.8 Å². The van der Waals surface area contributed by atoms with Crippen LogP contribution in [0.3, 0.4) is 0 Å². The lowest BCUT2D eigenvalue weighted by Gasteiger charge is -2.27. The van der Waals surface area contributed by atoms with Gasteiger partial charge in [-0.25, -0.2) is 9.59 Å². The molecule has 4 nitrogen and oxygen atoms in total. The number of fused-ring (bicyclic) bond motifs is 6. The molecule has 2 aromatic carbocycles. The van der Waals surface area contributed by atoms with E-state index in [1.165, 1.54) is 0 Å². The van der Waals surface area contributed by atoms with E-state index in [2.05, 4.69) is 20.1 Å². The van der Waals surface area contributed by atoms with Crippen LogP contribution in [0.5, 0.6) is 11.5 Å². The van der Waals surface area contributed by atoms with Crippen LogP contribution in [0.25, 0.3) is 10.8 Å². The summed E-state index contributed by atoms with van der Waals surface area (Å²) in [4.78, 5) is 24.4. The summed E-state index contributed by atoms with van der Waals surface area (Å²) in [6, 6.07) is 5.29. The summed E-state index contributed by atoms with van der Waals surface area (Å²) in [5.41, 5.74) is 2.25. The summed E-state index contributed by atoms with van der Waals surface area (Å²) < 4.78 is 11.5. The zero-order valence-corrected chi connectivity index (χ0v) is 16.6. The number of benzene rings is 2. The molecular weight excluding hydrogens is 376 g/mol. The summed E-state index contributed by atoms with van der Waals surface area (Å²) in [5.74, 6) is 1.03. The van der Waals surface area contributed by atoms with E-state index in [4.69, 9.17) is 21.1 Å². The highest BCUT2D eigenvalue weighted by molar-refractivity contribution is 6.31. The predicted molar refractivity (Wildman–Crippen MR) is 109 cm³/mol. The van der Waals surface area contributed by atoms with Crippen LogP contribution >= 0.6 is 11.6 Å².